The van der Waals surface area contributed by atoms with Gasteiger partial charge in [0.05, 0.1) is 11.7 Å². The summed E-state index contributed by atoms with van der Waals surface area (Å²) in [5.41, 5.74) is 6.80. The van der Waals surface area contributed by atoms with Crippen LogP contribution in [0.4, 0.5) is 5.82 Å². The van der Waals surface area contributed by atoms with Crippen molar-refractivity contribution in [3.05, 3.63) is 42.4 Å². The number of rotatable bonds is 2. The molecule has 0 aliphatic rings. The molecule has 0 atom stereocenters. The molecule has 0 bridgehead atoms. The fourth-order valence-electron chi connectivity index (χ4n) is 1.92. The SMILES string of the molecule is CCc1nc(N)cc(-n2ncc3ccccc32)n1. The van der Waals surface area contributed by atoms with Crippen LogP contribution < -0.4 is 5.73 Å². The van der Waals surface area contributed by atoms with E-state index < -0.39 is 0 Å². The van der Waals surface area contributed by atoms with Gasteiger partial charge in [0.1, 0.15) is 11.6 Å². The van der Waals surface area contributed by atoms with Gasteiger partial charge in [-0.1, -0.05) is 25.1 Å². The Bertz CT molecular complexity index is 701. The minimum absolute atomic E-state index is 0.469. The first-order chi connectivity index (χ1) is 8.78. The molecule has 2 heterocycles. The van der Waals surface area contributed by atoms with Crippen molar-refractivity contribution in [2.75, 3.05) is 5.73 Å². The highest BCUT2D eigenvalue weighted by Crippen LogP contribution is 2.17. The van der Waals surface area contributed by atoms with Gasteiger partial charge in [-0.05, 0) is 6.07 Å². The van der Waals surface area contributed by atoms with Gasteiger partial charge in [-0.3, -0.25) is 0 Å². The molecule has 2 aromatic heterocycles. The monoisotopic (exact) mass is 239 g/mol. The standard InChI is InChI=1S/C13H13N5/c1-2-12-16-11(14)7-13(17-12)18-10-6-4-3-5-9(10)8-15-18/h3-8H,2H2,1H3,(H2,14,16,17). The van der Waals surface area contributed by atoms with Gasteiger partial charge in [0, 0.05) is 17.9 Å². The minimum Gasteiger partial charge on any atom is -0.384 e. The van der Waals surface area contributed by atoms with Crippen LogP contribution in [0.2, 0.25) is 0 Å². The lowest BCUT2D eigenvalue weighted by molar-refractivity contribution is 0.835. The van der Waals surface area contributed by atoms with Crippen LogP contribution in [0, 0.1) is 0 Å². The Labute approximate surface area is 104 Å². The summed E-state index contributed by atoms with van der Waals surface area (Å²) in [4.78, 5) is 8.62. The summed E-state index contributed by atoms with van der Waals surface area (Å²) in [6.45, 7) is 2.00. The van der Waals surface area contributed by atoms with Crippen molar-refractivity contribution >= 4 is 16.7 Å². The largest absolute Gasteiger partial charge is 0.384 e. The third-order valence-electron chi connectivity index (χ3n) is 2.79. The number of nitrogens with two attached hydrogens (primary N) is 1. The third kappa shape index (κ3) is 1.69. The van der Waals surface area contributed by atoms with E-state index in [0.29, 0.717) is 11.6 Å². The first-order valence-corrected chi connectivity index (χ1v) is 5.84. The molecule has 0 aliphatic heterocycles. The number of aromatic nitrogens is 4. The second-order valence-electron chi connectivity index (χ2n) is 4.04. The number of anilines is 1. The molecule has 0 spiro atoms. The van der Waals surface area contributed by atoms with E-state index in [1.807, 2.05) is 37.4 Å². The van der Waals surface area contributed by atoms with E-state index >= 15 is 0 Å². The molecular weight excluding hydrogens is 226 g/mol. The molecule has 18 heavy (non-hydrogen) atoms. The molecule has 5 nitrogen and oxygen atoms in total. The Morgan fingerprint density at radius 3 is 2.89 bits per heavy atom. The van der Waals surface area contributed by atoms with Crippen LogP contribution in [0.15, 0.2) is 36.5 Å². The van der Waals surface area contributed by atoms with Crippen molar-refractivity contribution in [3.63, 3.8) is 0 Å². The summed E-state index contributed by atoms with van der Waals surface area (Å²) in [7, 11) is 0. The van der Waals surface area contributed by atoms with E-state index in [1.165, 1.54) is 0 Å². The molecular formula is C13H13N5. The summed E-state index contributed by atoms with van der Waals surface area (Å²) in [6.07, 6.45) is 2.57. The second kappa shape index (κ2) is 4.10. The van der Waals surface area contributed by atoms with E-state index in [1.54, 1.807) is 10.7 Å². The van der Waals surface area contributed by atoms with Gasteiger partial charge < -0.3 is 5.73 Å². The van der Waals surface area contributed by atoms with Gasteiger partial charge in [0.15, 0.2) is 5.82 Å². The number of nitrogen functional groups attached to an aromatic ring is 1. The maximum Gasteiger partial charge on any atom is 0.159 e. The molecule has 0 amide bonds. The number of aryl methyl sites for hydroxylation is 1. The van der Waals surface area contributed by atoms with Gasteiger partial charge >= 0.3 is 0 Å². The average molecular weight is 239 g/mol. The predicted molar refractivity (Wildman–Crippen MR) is 70.5 cm³/mol. The maximum atomic E-state index is 5.79. The van der Waals surface area contributed by atoms with Crippen LogP contribution >= 0.6 is 0 Å². The zero-order valence-electron chi connectivity index (χ0n) is 10.0. The maximum absolute atomic E-state index is 5.79. The Balaban J connectivity index is 2.22. The van der Waals surface area contributed by atoms with E-state index in [-0.39, 0.29) is 0 Å². The summed E-state index contributed by atoms with van der Waals surface area (Å²) >= 11 is 0. The molecule has 0 aliphatic carbocycles. The van der Waals surface area contributed by atoms with Crippen molar-refractivity contribution in [1.82, 2.24) is 19.7 Å². The summed E-state index contributed by atoms with van der Waals surface area (Å²) < 4.78 is 1.78. The van der Waals surface area contributed by atoms with Crippen LogP contribution in [0.5, 0.6) is 0 Å². The van der Waals surface area contributed by atoms with E-state index in [0.717, 1.165) is 23.1 Å². The molecule has 5 heteroatoms. The molecule has 2 N–H and O–H groups in total. The molecule has 3 aromatic rings. The van der Waals surface area contributed by atoms with Crippen molar-refractivity contribution in [3.8, 4) is 5.82 Å². The van der Waals surface area contributed by atoms with E-state index in [4.69, 9.17) is 5.73 Å². The molecule has 0 radical (unpaired) electrons. The lowest BCUT2D eigenvalue weighted by atomic mass is 10.2. The highest BCUT2D eigenvalue weighted by atomic mass is 15.3. The Morgan fingerprint density at radius 2 is 2.06 bits per heavy atom. The number of hydrogen-bond donors (Lipinski definition) is 1. The second-order valence-corrected chi connectivity index (χ2v) is 4.04. The van der Waals surface area contributed by atoms with Crippen LogP contribution in [-0.4, -0.2) is 19.7 Å². The van der Waals surface area contributed by atoms with Crippen molar-refractivity contribution in [2.45, 2.75) is 13.3 Å². The summed E-state index contributed by atoms with van der Waals surface area (Å²) in [5, 5.41) is 5.43. The zero-order valence-corrected chi connectivity index (χ0v) is 10.0. The molecule has 3 rings (SSSR count). The Kier molecular flexibility index (Phi) is 2.44. The molecule has 1 aromatic carbocycles. The first kappa shape index (κ1) is 10.7. The molecule has 0 unspecified atom stereocenters. The van der Waals surface area contributed by atoms with E-state index in [2.05, 4.69) is 15.1 Å². The first-order valence-electron chi connectivity index (χ1n) is 5.84. The lowest BCUT2D eigenvalue weighted by Gasteiger charge is -2.05. The van der Waals surface area contributed by atoms with Crippen LogP contribution in [0.3, 0.4) is 0 Å². The number of fused-ring (bicyclic) bond motifs is 1. The smallest absolute Gasteiger partial charge is 0.159 e. The highest BCUT2D eigenvalue weighted by molar-refractivity contribution is 5.79. The van der Waals surface area contributed by atoms with E-state index in [9.17, 15) is 0 Å². The normalized spacial score (nSPS) is 10.9. The number of benzene rings is 1. The lowest BCUT2D eigenvalue weighted by Crippen LogP contribution is -2.06. The summed E-state index contributed by atoms with van der Waals surface area (Å²) in [6, 6.07) is 9.72. The summed E-state index contributed by atoms with van der Waals surface area (Å²) in [5.74, 6) is 1.90. The topological polar surface area (TPSA) is 69.6 Å². The van der Waals surface area contributed by atoms with Gasteiger partial charge in [-0.25, -0.2) is 14.6 Å². The minimum atomic E-state index is 0.469. The Hall–Kier alpha value is -2.43. The fourth-order valence-corrected chi connectivity index (χ4v) is 1.92. The number of hydrogen-bond acceptors (Lipinski definition) is 4. The van der Waals surface area contributed by atoms with Gasteiger partial charge in [-0.15, -0.1) is 0 Å². The van der Waals surface area contributed by atoms with Gasteiger partial charge in [0.25, 0.3) is 0 Å². The molecule has 0 fully saturated rings. The average Bonchev–Trinajstić information content (AvgIpc) is 2.81. The van der Waals surface area contributed by atoms with Crippen molar-refractivity contribution in [1.29, 1.82) is 0 Å². The molecule has 0 saturated heterocycles. The fraction of sp³-hybridized carbons (Fsp3) is 0.154. The van der Waals surface area contributed by atoms with Crippen LogP contribution in [-0.2, 0) is 6.42 Å². The molecule has 90 valence electrons. The highest BCUT2D eigenvalue weighted by Gasteiger charge is 2.07. The van der Waals surface area contributed by atoms with Gasteiger partial charge in [0.2, 0.25) is 0 Å². The van der Waals surface area contributed by atoms with Gasteiger partial charge in [-0.2, -0.15) is 5.10 Å². The van der Waals surface area contributed by atoms with Crippen molar-refractivity contribution in [2.24, 2.45) is 0 Å². The zero-order chi connectivity index (χ0) is 12.5. The van der Waals surface area contributed by atoms with Crippen molar-refractivity contribution < 1.29 is 0 Å². The van der Waals surface area contributed by atoms with Crippen LogP contribution in [0.1, 0.15) is 12.7 Å². The molecule has 0 saturated carbocycles. The quantitative estimate of drug-likeness (QED) is 0.742. The number of nitrogens with zero attached hydrogens (tertiary/aromatic N) is 4. The Morgan fingerprint density at radius 1 is 1.22 bits per heavy atom. The van der Waals surface area contributed by atoms with Crippen LogP contribution in [0.25, 0.3) is 16.7 Å². The third-order valence-corrected chi connectivity index (χ3v) is 2.79. The number of para-hydroxylation sites is 1. The predicted octanol–water partition coefficient (Wildman–Crippen LogP) is 1.96.